The van der Waals surface area contributed by atoms with Crippen LogP contribution in [0.25, 0.3) is 0 Å². The molecule has 0 heterocycles. The number of hydrogen-bond donors (Lipinski definition) is 1. The SMILES string of the molecule is CCCNC(Cc1ccc(F)c(Cl)c1)CC(C)(C)C. The summed E-state index contributed by atoms with van der Waals surface area (Å²) in [5.41, 5.74) is 1.36. The summed E-state index contributed by atoms with van der Waals surface area (Å²) in [6.07, 6.45) is 3.09. The van der Waals surface area contributed by atoms with Crippen molar-refractivity contribution in [3.63, 3.8) is 0 Å². The summed E-state index contributed by atoms with van der Waals surface area (Å²) in [5, 5.41) is 3.78. The van der Waals surface area contributed by atoms with E-state index < -0.39 is 0 Å². The molecule has 0 bridgehead atoms. The molecule has 1 aromatic carbocycles. The van der Waals surface area contributed by atoms with Crippen molar-refractivity contribution in [3.8, 4) is 0 Å². The molecule has 108 valence electrons. The van der Waals surface area contributed by atoms with Crippen molar-refractivity contribution < 1.29 is 4.39 Å². The minimum absolute atomic E-state index is 0.211. The summed E-state index contributed by atoms with van der Waals surface area (Å²) in [6.45, 7) is 9.90. The van der Waals surface area contributed by atoms with Crippen LogP contribution in [0.15, 0.2) is 18.2 Å². The monoisotopic (exact) mass is 285 g/mol. The van der Waals surface area contributed by atoms with Gasteiger partial charge in [0.15, 0.2) is 0 Å². The van der Waals surface area contributed by atoms with Crippen molar-refractivity contribution in [1.29, 1.82) is 0 Å². The Bertz CT molecular complexity index is 398. The molecule has 0 aliphatic carbocycles. The van der Waals surface area contributed by atoms with Gasteiger partial charge in [-0.2, -0.15) is 0 Å². The van der Waals surface area contributed by atoms with Crippen molar-refractivity contribution in [1.82, 2.24) is 5.32 Å². The molecule has 0 aliphatic heterocycles. The van der Waals surface area contributed by atoms with Gasteiger partial charge in [0.2, 0.25) is 0 Å². The normalized spacial score (nSPS) is 13.6. The zero-order valence-corrected chi connectivity index (χ0v) is 13.1. The molecular weight excluding hydrogens is 261 g/mol. The Hall–Kier alpha value is -0.600. The molecule has 1 N–H and O–H groups in total. The Kier molecular flexibility index (Phi) is 6.28. The standard InChI is InChI=1S/C16H25ClFN/c1-5-8-19-13(11-16(2,3)4)9-12-6-7-15(18)14(17)10-12/h6-7,10,13,19H,5,8-9,11H2,1-4H3. The van der Waals surface area contributed by atoms with E-state index in [0.29, 0.717) is 6.04 Å². The Morgan fingerprint density at radius 2 is 2.00 bits per heavy atom. The van der Waals surface area contributed by atoms with E-state index in [-0.39, 0.29) is 16.3 Å². The van der Waals surface area contributed by atoms with Gasteiger partial charge < -0.3 is 5.32 Å². The maximum Gasteiger partial charge on any atom is 0.141 e. The molecule has 0 radical (unpaired) electrons. The second-order valence-corrected chi connectivity index (χ2v) is 6.78. The van der Waals surface area contributed by atoms with E-state index in [2.05, 4.69) is 33.0 Å². The maximum atomic E-state index is 13.2. The van der Waals surface area contributed by atoms with Crippen LogP contribution in [-0.4, -0.2) is 12.6 Å². The minimum atomic E-state index is -0.348. The summed E-state index contributed by atoms with van der Waals surface area (Å²) in [5.74, 6) is -0.348. The summed E-state index contributed by atoms with van der Waals surface area (Å²) in [6, 6.07) is 5.41. The molecule has 0 fully saturated rings. The number of rotatable bonds is 6. The lowest BCUT2D eigenvalue weighted by Crippen LogP contribution is -2.35. The predicted octanol–water partition coefficient (Wildman–Crippen LogP) is 4.83. The molecule has 1 unspecified atom stereocenters. The third-order valence-corrected chi connectivity index (χ3v) is 3.30. The second kappa shape index (κ2) is 7.25. The molecule has 0 aliphatic rings. The molecule has 3 heteroatoms. The Morgan fingerprint density at radius 3 is 2.53 bits per heavy atom. The highest BCUT2D eigenvalue weighted by molar-refractivity contribution is 6.30. The van der Waals surface area contributed by atoms with Gasteiger partial charge in [-0.05, 0) is 48.9 Å². The molecule has 0 amide bonds. The quantitative estimate of drug-likeness (QED) is 0.790. The van der Waals surface area contributed by atoms with Gasteiger partial charge in [-0.15, -0.1) is 0 Å². The largest absolute Gasteiger partial charge is 0.314 e. The van der Waals surface area contributed by atoms with Crippen LogP contribution < -0.4 is 5.32 Å². The predicted molar refractivity (Wildman–Crippen MR) is 81.3 cm³/mol. The highest BCUT2D eigenvalue weighted by Gasteiger charge is 2.18. The molecule has 19 heavy (non-hydrogen) atoms. The second-order valence-electron chi connectivity index (χ2n) is 6.37. The van der Waals surface area contributed by atoms with Crippen LogP contribution >= 0.6 is 11.6 Å². The van der Waals surface area contributed by atoms with E-state index >= 15 is 0 Å². The van der Waals surface area contributed by atoms with Crippen molar-refractivity contribution in [2.45, 2.75) is 53.0 Å². The van der Waals surface area contributed by atoms with Crippen molar-refractivity contribution in [2.24, 2.45) is 5.41 Å². The van der Waals surface area contributed by atoms with E-state index in [9.17, 15) is 4.39 Å². The fourth-order valence-electron chi connectivity index (χ4n) is 2.26. The molecule has 0 saturated heterocycles. The highest BCUT2D eigenvalue weighted by atomic mass is 35.5. The first-order valence-corrected chi connectivity index (χ1v) is 7.37. The highest BCUT2D eigenvalue weighted by Crippen LogP contribution is 2.24. The fraction of sp³-hybridized carbons (Fsp3) is 0.625. The summed E-state index contributed by atoms with van der Waals surface area (Å²) in [7, 11) is 0. The number of halogens is 2. The third-order valence-electron chi connectivity index (χ3n) is 3.01. The van der Waals surface area contributed by atoms with Crippen LogP contribution in [-0.2, 0) is 6.42 Å². The summed E-state index contributed by atoms with van der Waals surface area (Å²) < 4.78 is 13.2. The van der Waals surface area contributed by atoms with E-state index in [1.807, 2.05) is 6.07 Å². The molecule has 1 nitrogen and oxygen atoms in total. The van der Waals surface area contributed by atoms with Crippen LogP contribution in [0.3, 0.4) is 0 Å². The van der Waals surface area contributed by atoms with Crippen molar-refractivity contribution in [3.05, 3.63) is 34.6 Å². The van der Waals surface area contributed by atoms with Gasteiger partial charge >= 0.3 is 0 Å². The summed E-state index contributed by atoms with van der Waals surface area (Å²) >= 11 is 5.84. The minimum Gasteiger partial charge on any atom is -0.314 e. The van der Waals surface area contributed by atoms with Gasteiger partial charge in [-0.3, -0.25) is 0 Å². The molecule has 1 rings (SSSR count). The molecule has 0 aromatic heterocycles. The Balaban J connectivity index is 2.72. The van der Waals surface area contributed by atoms with Gasteiger partial charge in [0, 0.05) is 6.04 Å². The summed E-state index contributed by atoms with van der Waals surface area (Å²) in [4.78, 5) is 0. The zero-order valence-electron chi connectivity index (χ0n) is 12.4. The zero-order chi connectivity index (χ0) is 14.5. The first kappa shape index (κ1) is 16.5. The van der Waals surface area contributed by atoms with E-state index in [0.717, 1.165) is 31.4 Å². The fourth-order valence-corrected chi connectivity index (χ4v) is 2.46. The molecule has 0 saturated carbocycles. The van der Waals surface area contributed by atoms with Crippen LogP contribution in [0.4, 0.5) is 4.39 Å². The lowest BCUT2D eigenvalue weighted by molar-refractivity contribution is 0.306. The first-order chi connectivity index (χ1) is 8.81. The van der Waals surface area contributed by atoms with Crippen LogP contribution in [0.1, 0.15) is 46.1 Å². The Labute approximate surface area is 121 Å². The number of benzene rings is 1. The van der Waals surface area contributed by atoms with E-state index in [4.69, 9.17) is 11.6 Å². The number of nitrogens with one attached hydrogen (secondary N) is 1. The molecular formula is C16H25ClFN. The molecule has 1 atom stereocenters. The van der Waals surface area contributed by atoms with Gasteiger partial charge in [-0.1, -0.05) is 45.4 Å². The number of hydrogen-bond acceptors (Lipinski definition) is 1. The van der Waals surface area contributed by atoms with Crippen molar-refractivity contribution in [2.75, 3.05) is 6.54 Å². The van der Waals surface area contributed by atoms with Crippen LogP contribution in [0.2, 0.25) is 5.02 Å². The topological polar surface area (TPSA) is 12.0 Å². The smallest absolute Gasteiger partial charge is 0.141 e. The van der Waals surface area contributed by atoms with Gasteiger partial charge in [0.1, 0.15) is 5.82 Å². The third kappa shape index (κ3) is 6.40. The van der Waals surface area contributed by atoms with Gasteiger partial charge in [0.25, 0.3) is 0 Å². The maximum absolute atomic E-state index is 13.2. The van der Waals surface area contributed by atoms with Gasteiger partial charge in [0.05, 0.1) is 5.02 Å². The van der Waals surface area contributed by atoms with Crippen LogP contribution in [0, 0.1) is 11.2 Å². The molecule has 0 spiro atoms. The van der Waals surface area contributed by atoms with E-state index in [1.54, 1.807) is 6.07 Å². The average molecular weight is 286 g/mol. The van der Waals surface area contributed by atoms with Crippen molar-refractivity contribution >= 4 is 11.6 Å². The lowest BCUT2D eigenvalue weighted by Gasteiger charge is -2.27. The van der Waals surface area contributed by atoms with E-state index in [1.165, 1.54) is 6.07 Å². The Morgan fingerprint density at radius 1 is 1.32 bits per heavy atom. The van der Waals surface area contributed by atoms with Crippen LogP contribution in [0.5, 0.6) is 0 Å². The van der Waals surface area contributed by atoms with Gasteiger partial charge in [-0.25, -0.2) is 4.39 Å². The lowest BCUT2D eigenvalue weighted by atomic mass is 9.86. The first-order valence-electron chi connectivity index (χ1n) is 6.99. The average Bonchev–Trinajstić information content (AvgIpc) is 2.29. The molecule has 1 aromatic rings.